The van der Waals surface area contributed by atoms with E-state index in [1.165, 1.54) is 17.4 Å². The van der Waals surface area contributed by atoms with Crippen molar-refractivity contribution in [1.82, 2.24) is 20.1 Å². The topological polar surface area (TPSA) is 128 Å². The van der Waals surface area contributed by atoms with Crippen LogP contribution in [-0.2, 0) is 17.8 Å². The highest BCUT2D eigenvalue weighted by atomic mass is 32.1. The number of ether oxygens (including phenoxy) is 1. The first-order valence-electron chi connectivity index (χ1n) is 14.6. The monoisotopic (exact) mass is 607 g/mol. The molecule has 4 rings (SSSR count). The Bertz CT molecular complexity index is 1360. The van der Waals surface area contributed by atoms with E-state index in [2.05, 4.69) is 20.2 Å². The molecule has 2 amide bonds. The van der Waals surface area contributed by atoms with Gasteiger partial charge in [0.1, 0.15) is 23.9 Å². The molecule has 1 aromatic heterocycles. The first-order valence-corrected chi connectivity index (χ1v) is 15.5. The average Bonchev–Trinajstić information content (AvgIpc) is 3.71. The Balaban J connectivity index is 1.48. The lowest BCUT2D eigenvalue weighted by molar-refractivity contribution is 0.0493. The number of aliphatic imine (C=N–C) groups is 1. The summed E-state index contributed by atoms with van der Waals surface area (Å²) in [5.74, 6) is 0.531. The van der Waals surface area contributed by atoms with E-state index in [0.717, 1.165) is 42.2 Å². The number of rotatable bonds is 12. The quantitative estimate of drug-likeness (QED) is 0.196. The molecule has 1 aliphatic rings. The van der Waals surface area contributed by atoms with Crippen LogP contribution >= 0.6 is 11.3 Å². The molecule has 0 unspecified atom stereocenters. The normalized spacial score (nSPS) is 14.9. The summed E-state index contributed by atoms with van der Waals surface area (Å²) in [7, 11) is 0. The van der Waals surface area contributed by atoms with Gasteiger partial charge in [0.25, 0.3) is 5.91 Å². The van der Waals surface area contributed by atoms with Gasteiger partial charge in [-0.15, -0.1) is 11.3 Å². The zero-order valence-electron chi connectivity index (χ0n) is 25.0. The summed E-state index contributed by atoms with van der Waals surface area (Å²) >= 11 is 1.38. The summed E-state index contributed by atoms with van der Waals surface area (Å²) in [5, 5.41) is 24.9. The van der Waals surface area contributed by atoms with Crippen LogP contribution in [0.1, 0.15) is 54.4 Å². The molecule has 2 aromatic carbocycles. The number of aliphatic hydroxyl groups is 1. The number of aromatic hydroxyl groups is 1. The van der Waals surface area contributed by atoms with Crippen LogP contribution in [0, 0.1) is 5.92 Å². The van der Waals surface area contributed by atoms with Crippen molar-refractivity contribution in [3.05, 3.63) is 76.2 Å². The maximum Gasteiger partial charge on any atom is 0.407 e. The van der Waals surface area contributed by atoms with Crippen molar-refractivity contribution in [1.29, 1.82) is 0 Å². The number of carbonyl (C=O) groups is 2. The maximum atomic E-state index is 13.7. The van der Waals surface area contributed by atoms with Gasteiger partial charge < -0.3 is 30.1 Å². The highest BCUT2D eigenvalue weighted by Gasteiger charge is 2.28. The Morgan fingerprint density at radius 3 is 2.53 bits per heavy atom. The van der Waals surface area contributed by atoms with E-state index >= 15 is 0 Å². The Hall–Kier alpha value is -3.96. The number of alkyl carbamates (subject to hydrolysis) is 1. The Morgan fingerprint density at radius 1 is 1.14 bits per heavy atom. The molecule has 230 valence electrons. The number of phenolic OH excluding ortho intramolecular Hbond substituents is 1. The van der Waals surface area contributed by atoms with Crippen molar-refractivity contribution >= 4 is 34.9 Å². The number of amides is 2. The van der Waals surface area contributed by atoms with Gasteiger partial charge in [0.15, 0.2) is 0 Å². The molecular formula is C32H41N5O5S. The molecule has 1 saturated heterocycles. The summed E-state index contributed by atoms with van der Waals surface area (Å²) in [6, 6.07) is 13.5. The number of hydrogen-bond donors (Lipinski definition) is 3. The predicted molar refractivity (Wildman–Crippen MR) is 168 cm³/mol. The minimum Gasteiger partial charge on any atom is -0.506 e. The van der Waals surface area contributed by atoms with E-state index < -0.39 is 18.2 Å². The van der Waals surface area contributed by atoms with Gasteiger partial charge >= 0.3 is 6.09 Å². The van der Waals surface area contributed by atoms with Gasteiger partial charge in [-0.1, -0.05) is 44.2 Å². The third-order valence-corrected chi connectivity index (χ3v) is 8.00. The fraction of sp³-hybridized carbons (Fsp3) is 0.438. The van der Waals surface area contributed by atoms with Crippen molar-refractivity contribution in [2.45, 2.75) is 58.8 Å². The number of phenols is 1. The van der Waals surface area contributed by atoms with Crippen LogP contribution < -0.4 is 5.32 Å². The number of amidine groups is 1. The van der Waals surface area contributed by atoms with Crippen LogP contribution in [0.5, 0.6) is 5.75 Å². The van der Waals surface area contributed by atoms with Crippen LogP contribution in [0.2, 0.25) is 0 Å². The summed E-state index contributed by atoms with van der Waals surface area (Å²) in [5.41, 5.74) is 3.27. The van der Waals surface area contributed by atoms with Crippen molar-refractivity contribution in [2.75, 3.05) is 26.2 Å². The standard InChI is InChI=1S/C32H41N5O5S/c1-22(2)18-37(31(40)25-11-12-27(29(38)16-25)34-23(3)36-13-7-8-14-36)19-30(39)28(15-24-9-5-4-6-10-24)35-32(41)42-20-26-17-33-21-43-26/h4-6,9-12,16-17,21-22,28,30,38-39H,7-8,13-15,18-20H2,1-3H3,(H,35,41)/b34-23+/t28-,30-/m0/s1. The number of aromatic nitrogens is 1. The smallest absolute Gasteiger partial charge is 0.407 e. The fourth-order valence-corrected chi connectivity index (χ4v) is 5.55. The predicted octanol–water partition coefficient (Wildman–Crippen LogP) is 4.99. The number of benzene rings is 2. The molecule has 3 N–H and O–H groups in total. The van der Waals surface area contributed by atoms with Crippen LogP contribution in [0.4, 0.5) is 10.5 Å². The molecule has 43 heavy (non-hydrogen) atoms. The number of carbonyl (C=O) groups excluding carboxylic acids is 2. The number of aliphatic hydroxyl groups excluding tert-OH is 1. The van der Waals surface area contributed by atoms with Crippen LogP contribution in [0.25, 0.3) is 0 Å². The highest BCUT2D eigenvalue weighted by molar-refractivity contribution is 7.09. The second-order valence-electron chi connectivity index (χ2n) is 11.2. The van der Waals surface area contributed by atoms with E-state index in [0.29, 0.717) is 24.2 Å². The summed E-state index contributed by atoms with van der Waals surface area (Å²) < 4.78 is 5.36. The van der Waals surface area contributed by atoms with Gasteiger partial charge in [-0.3, -0.25) is 9.78 Å². The number of hydrogen-bond acceptors (Lipinski definition) is 8. The molecule has 1 fully saturated rings. The lowest BCUT2D eigenvalue weighted by atomic mass is 10.00. The molecule has 0 spiro atoms. The third kappa shape index (κ3) is 9.52. The van der Waals surface area contributed by atoms with Crippen molar-refractivity contribution in [2.24, 2.45) is 10.9 Å². The van der Waals surface area contributed by atoms with E-state index in [4.69, 9.17) is 4.74 Å². The lowest BCUT2D eigenvalue weighted by Crippen LogP contribution is -2.51. The fourth-order valence-electron chi connectivity index (χ4n) is 5.05. The van der Waals surface area contributed by atoms with Gasteiger partial charge in [-0.2, -0.15) is 0 Å². The molecule has 0 aliphatic carbocycles. The molecule has 3 aromatic rings. The second-order valence-corrected chi connectivity index (χ2v) is 12.2. The number of nitrogens with zero attached hydrogens (tertiary/aromatic N) is 4. The molecule has 0 saturated carbocycles. The summed E-state index contributed by atoms with van der Waals surface area (Å²) in [6.45, 7) is 8.20. The van der Waals surface area contributed by atoms with E-state index in [1.54, 1.807) is 28.7 Å². The molecule has 10 nitrogen and oxygen atoms in total. The molecule has 1 aliphatic heterocycles. The van der Waals surface area contributed by atoms with Crippen LogP contribution in [0.3, 0.4) is 0 Å². The summed E-state index contributed by atoms with van der Waals surface area (Å²) in [6.07, 6.45) is 2.46. The van der Waals surface area contributed by atoms with Gasteiger partial charge in [0, 0.05) is 37.9 Å². The van der Waals surface area contributed by atoms with Gasteiger partial charge in [-0.05, 0) is 55.9 Å². The first kappa shape index (κ1) is 32.0. The molecule has 11 heteroatoms. The highest BCUT2D eigenvalue weighted by Crippen LogP contribution is 2.29. The minimum absolute atomic E-state index is 0.0294. The van der Waals surface area contributed by atoms with E-state index in [1.807, 2.05) is 51.1 Å². The SMILES string of the molecule is C/C(=N\c1ccc(C(=O)N(CC(C)C)C[C@H](O)[C@H](Cc2ccccc2)NC(=O)OCc2cncs2)cc1O)N1CCCC1. The van der Waals surface area contributed by atoms with E-state index in [-0.39, 0.29) is 30.7 Å². The maximum absolute atomic E-state index is 13.7. The van der Waals surface area contributed by atoms with Gasteiger partial charge in [0.2, 0.25) is 0 Å². The number of thiazole rings is 1. The Morgan fingerprint density at radius 2 is 1.88 bits per heavy atom. The minimum atomic E-state index is -1.10. The van der Waals surface area contributed by atoms with Gasteiger partial charge in [-0.25, -0.2) is 9.79 Å². The molecule has 0 radical (unpaired) electrons. The molecule has 0 bridgehead atoms. The van der Waals surface area contributed by atoms with Crippen LogP contribution in [-0.4, -0.2) is 81.2 Å². The van der Waals surface area contributed by atoms with Crippen LogP contribution in [0.15, 0.2) is 65.2 Å². The van der Waals surface area contributed by atoms with Crippen molar-refractivity contribution in [3.8, 4) is 5.75 Å². The Labute approximate surface area is 257 Å². The second kappa shape index (κ2) is 15.5. The molecule has 2 heterocycles. The lowest BCUT2D eigenvalue weighted by Gasteiger charge is -2.31. The third-order valence-electron chi connectivity index (χ3n) is 7.24. The number of nitrogens with one attached hydrogen (secondary N) is 1. The molecule has 2 atom stereocenters. The zero-order chi connectivity index (χ0) is 30.8. The van der Waals surface area contributed by atoms with E-state index in [9.17, 15) is 19.8 Å². The van der Waals surface area contributed by atoms with Gasteiger partial charge in [0.05, 0.1) is 22.5 Å². The number of likely N-dealkylation sites (tertiary alicyclic amines) is 1. The van der Waals surface area contributed by atoms with Crippen molar-refractivity contribution < 1.29 is 24.5 Å². The zero-order valence-corrected chi connectivity index (χ0v) is 25.8. The Kier molecular flexibility index (Phi) is 11.5. The average molecular weight is 608 g/mol. The van der Waals surface area contributed by atoms with Crippen molar-refractivity contribution in [3.63, 3.8) is 0 Å². The molecular weight excluding hydrogens is 566 g/mol. The largest absolute Gasteiger partial charge is 0.506 e. The summed E-state index contributed by atoms with van der Waals surface area (Å²) in [4.78, 5) is 39.5. The first-order chi connectivity index (χ1) is 20.7.